The Morgan fingerprint density at radius 2 is 1.38 bits per heavy atom. The number of carbonyl (C=O) groups excluding carboxylic acids is 2. The van der Waals surface area contributed by atoms with Crippen LogP contribution in [0.15, 0.2) is 53.5 Å². The lowest BCUT2D eigenvalue weighted by Gasteiger charge is -2.22. The van der Waals surface area contributed by atoms with E-state index < -0.39 is 23.8 Å². The molecule has 0 aliphatic rings. The second-order valence-corrected chi connectivity index (χ2v) is 6.53. The van der Waals surface area contributed by atoms with Crippen molar-refractivity contribution in [2.45, 2.75) is 24.8 Å². The van der Waals surface area contributed by atoms with Crippen LogP contribution in [0.1, 0.15) is 29.9 Å². The maximum atomic E-state index is 13.1. The second-order valence-electron chi connectivity index (χ2n) is 6.53. The fourth-order valence-electron chi connectivity index (χ4n) is 2.87. The number of hydrogen-bond acceptors (Lipinski definition) is 5. The van der Waals surface area contributed by atoms with Crippen molar-refractivity contribution in [1.29, 1.82) is 0 Å². The molecule has 1 atom stereocenters. The Morgan fingerprint density at radius 3 is 1.79 bits per heavy atom. The fraction of sp³-hybridized carbons (Fsp3) is 0.250. The number of phenolic OH excluding ortho intramolecular Hbond substituents is 2. The zero-order chi connectivity index (χ0) is 21.4. The Balaban J connectivity index is 2.23. The van der Waals surface area contributed by atoms with E-state index in [1.165, 1.54) is 24.3 Å². The molecule has 0 bridgehead atoms. The van der Waals surface area contributed by atoms with Gasteiger partial charge in [0.1, 0.15) is 17.5 Å². The number of rotatable bonds is 9. The number of hydrogen-bond donors (Lipinski definition) is 6. The number of nitrogens with two attached hydrogens (primary N) is 3. The molecule has 2 aromatic rings. The van der Waals surface area contributed by atoms with Crippen LogP contribution in [0.3, 0.4) is 0 Å². The van der Waals surface area contributed by atoms with Crippen LogP contribution in [-0.2, 0) is 9.59 Å². The summed E-state index contributed by atoms with van der Waals surface area (Å²) >= 11 is 0. The quantitative estimate of drug-likeness (QED) is 0.200. The van der Waals surface area contributed by atoms with E-state index in [4.69, 9.17) is 17.2 Å². The van der Waals surface area contributed by atoms with Crippen molar-refractivity contribution >= 4 is 17.8 Å². The van der Waals surface area contributed by atoms with E-state index >= 15 is 0 Å². The van der Waals surface area contributed by atoms with Crippen LogP contribution in [0, 0.1) is 0 Å². The number of benzene rings is 2. The topological polar surface area (TPSA) is 177 Å². The SMILES string of the molecule is NC(=O)[C@H](CCCN=C(N)N)NC(=O)C(c1ccc(O)cc1)c1ccc(O)cc1. The van der Waals surface area contributed by atoms with Gasteiger partial charge in [0, 0.05) is 6.54 Å². The maximum Gasteiger partial charge on any atom is 0.240 e. The minimum absolute atomic E-state index is 0.0515. The first-order valence-corrected chi connectivity index (χ1v) is 9.01. The molecule has 0 heterocycles. The highest BCUT2D eigenvalue weighted by Crippen LogP contribution is 2.28. The summed E-state index contributed by atoms with van der Waals surface area (Å²) in [5.74, 6) is -1.80. The molecule has 0 aliphatic heterocycles. The van der Waals surface area contributed by atoms with Gasteiger partial charge in [-0.25, -0.2) is 0 Å². The molecular formula is C20H25N5O4. The molecule has 0 spiro atoms. The normalized spacial score (nSPS) is 11.6. The second kappa shape index (κ2) is 9.98. The number of aromatic hydroxyl groups is 2. The largest absolute Gasteiger partial charge is 0.508 e. The van der Waals surface area contributed by atoms with Crippen LogP contribution in [0.25, 0.3) is 0 Å². The predicted octanol–water partition coefficient (Wildman–Crippen LogP) is 0.253. The summed E-state index contributed by atoms with van der Waals surface area (Å²) in [4.78, 5) is 28.7. The molecule has 0 radical (unpaired) electrons. The van der Waals surface area contributed by atoms with Gasteiger partial charge < -0.3 is 32.7 Å². The van der Waals surface area contributed by atoms with Gasteiger partial charge >= 0.3 is 0 Å². The summed E-state index contributed by atoms with van der Waals surface area (Å²) in [5, 5.41) is 21.8. The van der Waals surface area contributed by atoms with Gasteiger partial charge in [-0.2, -0.15) is 0 Å². The summed E-state index contributed by atoms with van der Waals surface area (Å²) in [5.41, 5.74) is 17.2. The van der Waals surface area contributed by atoms with E-state index in [0.717, 1.165) is 0 Å². The Bertz CT molecular complexity index is 816. The molecule has 0 saturated heterocycles. The lowest BCUT2D eigenvalue weighted by Crippen LogP contribution is -2.46. The third-order valence-electron chi connectivity index (χ3n) is 4.32. The van der Waals surface area contributed by atoms with Gasteiger partial charge in [-0.05, 0) is 48.2 Å². The zero-order valence-electron chi connectivity index (χ0n) is 15.8. The van der Waals surface area contributed by atoms with Gasteiger partial charge in [-0.3, -0.25) is 14.6 Å². The number of nitrogens with zero attached hydrogens (tertiary/aromatic N) is 1. The number of amides is 2. The minimum Gasteiger partial charge on any atom is -0.508 e. The number of phenols is 2. The molecule has 154 valence electrons. The summed E-state index contributed by atoms with van der Waals surface area (Å²) in [6.45, 7) is 0.307. The highest BCUT2D eigenvalue weighted by molar-refractivity contribution is 5.92. The molecule has 0 saturated carbocycles. The van der Waals surface area contributed by atoms with Gasteiger partial charge in [0.25, 0.3) is 0 Å². The van der Waals surface area contributed by atoms with Crippen LogP contribution in [-0.4, -0.2) is 40.6 Å². The highest BCUT2D eigenvalue weighted by atomic mass is 16.3. The first-order valence-electron chi connectivity index (χ1n) is 9.01. The summed E-state index contributed by atoms with van der Waals surface area (Å²) in [6.07, 6.45) is 0.727. The molecule has 0 fully saturated rings. The fourth-order valence-corrected chi connectivity index (χ4v) is 2.87. The average molecular weight is 399 g/mol. The zero-order valence-corrected chi connectivity index (χ0v) is 15.8. The standard InChI is InChI=1S/C20H25N5O4/c21-18(28)16(2-1-11-24-20(22)23)25-19(29)17(12-3-7-14(26)8-4-12)13-5-9-15(27)10-6-13/h3-10,16-17,26-27H,1-2,11H2,(H2,21,28)(H,25,29)(H4,22,23,24)/t16-/m0/s1. The maximum absolute atomic E-state index is 13.1. The lowest BCUT2D eigenvalue weighted by atomic mass is 9.90. The molecular weight excluding hydrogens is 374 g/mol. The van der Waals surface area contributed by atoms with Crippen molar-refractivity contribution in [3.63, 3.8) is 0 Å². The molecule has 2 rings (SSSR count). The molecule has 0 unspecified atom stereocenters. The van der Waals surface area contributed by atoms with E-state index in [1.807, 2.05) is 0 Å². The number of aliphatic imine (C=N–C) groups is 1. The molecule has 9 N–H and O–H groups in total. The molecule has 0 aliphatic carbocycles. The number of primary amides is 1. The van der Waals surface area contributed by atoms with Crippen LogP contribution < -0.4 is 22.5 Å². The Morgan fingerprint density at radius 1 is 0.897 bits per heavy atom. The average Bonchev–Trinajstić information content (AvgIpc) is 2.67. The molecule has 9 heteroatoms. The van der Waals surface area contributed by atoms with Crippen LogP contribution >= 0.6 is 0 Å². The summed E-state index contributed by atoms with van der Waals surface area (Å²) < 4.78 is 0. The Labute approximate surface area is 168 Å². The van der Waals surface area contributed by atoms with Gasteiger partial charge in [0.15, 0.2) is 5.96 Å². The van der Waals surface area contributed by atoms with E-state index in [-0.39, 0.29) is 23.9 Å². The number of guanidine groups is 1. The van der Waals surface area contributed by atoms with Crippen molar-refractivity contribution in [3.05, 3.63) is 59.7 Å². The molecule has 29 heavy (non-hydrogen) atoms. The van der Waals surface area contributed by atoms with Gasteiger partial charge in [-0.15, -0.1) is 0 Å². The van der Waals surface area contributed by atoms with E-state index in [0.29, 0.717) is 24.1 Å². The van der Waals surface area contributed by atoms with E-state index in [9.17, 15) is 19.8 Å². The van der Waals surface area contributed by atoms with E-state index in [2.05, 4.69) is 10.3 Å². The van der Waals surface area contributed by atoms with Gasteiger partial charge in [0.2, 0.25) is 11.8 Å². The van der Waals surface area contributed by atoms with E-state index in [1.54, 1.807) is 24.3 Å². The third-order valence-corrected chi connectivity index (χ3v) is 4.32. The van der Waals surface area contributed by atoms with Crippen LogP contribution in [0.5, 0.6) is 11.5 Å². The van der Waals surface area contributed by atoms with Gasteiger partial charge in [0.05, 0.1) is 5.92 Å². The number of carbonyl (C=O) groups is 2. The van der Waals surface area contributed by atoms with Gasteiger partial charge in [-0.1, -0.05) is 24.3 Å². The summed E-state index contributed by atoms with van der Waals surface area (Å²) in [7, 11) is 0. The van der Waals surface area contributed by atoms with Crippen molar-refractivity contribution in [2.75, 3.05) is 6.54 Å². The van der Waals surface area contributed by atoms with Crippen LogP contribution in [0.2, 0.25) is 0 Å². The predicted molar refractivity (Wildman–Crippen MR) is 109 cm³/mol. The first-order chi connectivity index (χ1) is 13.8. The lowest BCUT2D eigenvalue weighted by molar-refractivity contribution is -0.127. The number of nitrogens with one attached hydrogen (secondary N) is 1. The minimum atomic E-state index is -0.895. The van der Waals surface area contributed by atoms with Crippen molar-refractivity contribution in [3.8, 4) is 11.5 Å². The first kappa shape index (κ1) is 21.5. The third kappa shape index (κ3) is 6.42. The molecule has 2 amide bonds. The Kier molecular flexibility index (Phi) is 7.41. The van der Waals surface area contributed by atoms with Crippen molar-refractivity contribution < 1.29 is 19.8 Å². The Hall–Kier alpha value is -3.75. The molecule has 2 aromatic carbocycles. The molecule has 9 nitrogen and oxygen atoms in total. The highest BCUT2D eigenvalue weighted by Gasteiger charge is 2.27. The molecule has 0 aromatic heterocycles. The van der Waals surface area contributed by atoms with Crippen molar-refractivity contribution in [2.24, 2.45) is 22.2 Å². The smallest absolute Gasteiger partial charge is 0.240 e. The van der Waals surface area contributed by atoms with Crippen molar-refractivity contribution in [1.82, 2.24) is 5.32 Å². The van der Waals surface area contributed by atoms with Crippen LogP contribution in [0.4, 0.5) is 0 Å². The summed E-state index contributed by atoms with van der Waals surface area (Å²) in [6, 6.07) is 11.4. The monoisotopic (exact) mass is 399 g/mol.